The Morgan fingerprint density at radius 3 is 2.78 bits per heavy atom. The highest BCUT2D eigenvalue weighted by molar-refractivity contribution is 6.05. The van der Waals surface area contributed by atoms with Crippen molar-refractivity contribution in [2.75, 3.05) is 7.05 Å². The van der Waals surface area contributed by atoms with Crippen LogP contribution >= 0.6 is 0 Å². The Morgan fingerprint density at radius 1 is 1.26 bits per heavy atom. The van der Waals surface area contributed by atoms with Crippen molar-refractivity contribution in [3.63, 3.8) is 0 Å². The molecule has 1 N–H and O–H groups in total. The van der Waals surface area contributed by atoms with Gasteiger partial charge in [0.15, 0.2) is 5.69 Å². The van der Waals surface area contributed by atoms with E-state index in [1.807, 2.05) is 37.3 Å². The highest BCUT2D eigenvalue weighted by Crippen LogP contribution is 2.29. The van der Waals surface area contributed by atoms with Gasteiger partial charge in [0, 0.05) is 30.0 Å². The number of hydrogen-bond donors (Lipinski definition) is 1. The zero-order chi connectivity index (χ0) is 19.1. The largest absolute Gasteiger partial charge is 0.459 e. The van der Waals surface area contributed by atoms with Gasteiger partial charge in [-0.1, -0.05) is 18.2 Å². The molecule has 0 bridgehead atoms. The lowest BCUT2D eigenvalue weighted by molar-refractivity contribution is -0.384. The fraction of sp³-hybridized carbons (Fsp3) is 0.158. The Bertz CT molecular complexity index is 1140. The van der Waals surface area contributed by atoms with Gasteiger partial charge in [-0.05, 0) is 25.1 Å². The maximum atomic E-state index is 13.0. The molecule has 136 valence electrons. The number of nitro benzene ring substituents is 1. The Balaban J connectivity index is 1.68. The van der Waals surface area contributed by atoms with Crippen LogP contribution in [0.2, 0.25) is 0 Å². The molecule has 0 saturated carbocycles. The number of carbonyl (C=O) groups excluding carboxylic acids is 1. The maximum Gasteiger partial charge on any atom is 0.275 e. The topological polar surface area (TPSA) is 105 Å². The Morgan fingerprint density at radius 2 is 2.04 bits per heavy atom. The molecule has 1 amide bonds. The lowest BCUT2D eigenvalue weighted by atomic mass is 10.1. The number of aromatic nitrogens is 2. The number of fused-ring (bicyclic) bond motifs is 2. The number of amides is 1. The van der Waals surface area contributed by atoms with E-state index in [9.17, 15) is 14.9 Å². The van der Waals surface area contributed by atoms with Crippen molar-refractivity contribution < 1.29 is 14.1 Å². The molecule has 0 unspecified atom stereocenters. The van der Waals surface area contributed by atoms with Crippen LogP contribution in [0.3, 0.4) is 0 Å². The third-order valence-corrected chi connectivity index (χ3v) is 4.72. The van der Waals surface area contributed by atoms with E-state index >= 15 is 0 Å². The van der Waals surface area contributed by atoms with E-state index in [-0.39, 0.29) is 23.3 Å². The van der Waals surface area contributed by atoms with Crippen LogP contribution < -0.4 is 0 Å². The predicted octanol–water partition coefficient (Wildman–Crippen LogP) is 4.05. The second-order valence-corrected chi connectivity index (χ2v) is 6.34. The average molecular weight is 364 g/mol. The van der Waals surface area contributed by atoms with Crippen LogP contribution in [0.15, 0.2) is 52.9 Å². The van der Waals surface area contributed by atoms with Crippen molar-refractivity contribution in [2.24, 2.45) is 0 Å². The number of nitrogens with zero attached hydrogens (tertiary/aromatic N) is 3. The SMILES string of the molecule is C[C@@H](c1cc2ccccc2o1)N(C)C(=O)c1n[nH]c2ccc([N+](=O)[O-])cc12. The number of carbonyl (C=O) groups is 1. The predicted molar refractivity (Wildman–Crippen MR) is 99.5 cm³/mol. The van der Waals surface area contributed by atoms with Gasteiger partial charge in [0.2, 0.25) is 0 Å². The molecule has 0 aliphatic rings. The summed E-state index contributed by atoms with van der Waals surface area (Å²) in [6.45, 7) is 1.85. The number of hydrogen-bond acceptors (Lipinski definition) is 5. The number of benzene rings is 2. The molecule has 8 heteroatoms. The molecule has 1 atom stereocenters. The fourth-order valence-corrected chi connectivity index (χ4v) is 3.02. The molecule has 27 heavy (non-hydrogen) atoms. The normalized spacial score (nSPS) is 12.4. The minimum Gasteiger partial charge on any atom is -0.459 e. The van der Waals surface area contributed by atoms with Crippen LogP contribution in [-0.2, 0) is 0 Å². The lowest BCUT2D eigenvalue weighted by Crippen LogP contribution is -2.29. The minimum atomic E-state index is -0.499. The molecule has 0 saturated heterocycles. The highest BCUT2D eigenvalue weighted by atomic mass is 16.6. The summed E-state index contributed by atoms with van der Waals surface area (Å²) >= 11 is 0. The van der Waals surface area contributed by atoms with Crippen molar-refractivity contribution in [1.29, 1.82) is 0 Å². The standard InChI is InChI=1S/C19H16N4O4/c1-11(17-9-12-5-3-4-6-16(12)27-17)22(2)19(24)18-14-10-13(23(25)26)7-8-15(14)20-21-18/h3-11H,1-2H3,(H,20,21)/t11-/m0/s1. The van der Waals surface area contributed by atoms with Gasteiger partial charge in [0.05, 0.1) is 16.5 Å². The second-order valence-electron chi connectivity index (χ2n) is 6.34. The smallest absolute Gasteiger partial charge is 0.275 e. The molecule has 0 aliphatic heterocycles. The number of furan rings is 1. The molecule has 0 spiro atoms. The number of nitro groups is 1. The van der Waals surface area contributed by atoms with Crippen molar-refractivity contribution in [3.05, 3.63) is 70.1 Å². The summed E-state index contributed by atoms with van der Waals surface area (Å²) in [5.74, 6) is 0.299. The molecule has 8 nitrogen and oxygen atoms in total. The van der Waals surface area contributed by atoms with Crippen LogP contribution in [0.1, 0.15) is 29.2 Å². The van der Waals surface area contributed by atoms with Crippen molar-refractivity contribution in [2.45, 2.75) is 13.0 Å². The van der Waals surface area contributed by atoms with E-state index in [1.165, 1.54) is 17.0 Å². The molecular weight excluding hydrogens is 348 g/mol. The minimum absolute atomic E-state index is 0.0917. The molecule has 2 heterocycles. The van der Waals surface area contributed by atoms with E-state index in [0.717, 1.165) is 11.0 Å². The van der Waals surface area contributed by atoms with E-state index in [2.05, 4.69) is 10.2 Å². The van der Waals surface area contributed by atoms with E-state index in [0.29, 0.717) is 16.7 Å². The number of H-pyrrole nitrogens is 1. The van der Waals surface area contributed by atoms with Gasteiger partial charge in [-0.3, -0.25) is 20.0 Å². The first-order chi connectivity index (χ1) is 13.0. The van der Waals surface area contributed by atoms with E-state index in [4.69, 9.17) is 4.42 Å². The van der Waals surface area contributed by atoms with Crippen LogP contribution in [0.4, 0.5) is 5.69 Å². The summed E-state index contributed by atoms with van der Waals surface area (Å²) < 4.78 is 5.85. The van der Waals surface area contributed by atoms with Gasteiger partial charge in [0.25, 0.3) is 11.6 Å². The second kappa shape index (κ2) is 6.24. The third-order valence-electron chi connectivity index (χ3n) is 4.72. The van der Waals surface area contributed by atoms with E-state index < -0.39 is 4.92 Å². The zero-order valence-electron chi connectivity index (χ0n) is 14.7. The molecule has 4 aromatic rings. The summed E-state index contributed by atoms with van der Waals surface area (Å²) in [6.07, 6.45) is 0. The number of non-ortho nitro benzene ring substituents is 1. The van der Waals surface area contributed by atoms with E-state index in [1.54, 1.807) is 13.1 Å². The first-order valence-corrected chi connectivity index (χ1v) is 8.34. The zero-order valence-corrected chi connectivity index (χ0v) is 14.7. The Kier molecular flexibility index (Phi) is 3.88. The number of rotatable bonds is 4. The van der Waals surface area contributed by atoms with Gasteiger partial charge < -0.3 is 9.32 Å². The highest BCUT2D eigenvalue weighted by Gasteiger charge is 2.26. The van der Waals surface area contributed by atoms with Crippen LogP contribution in [0.5, 0.6) is 0 Å². The molecule has 2 aromatic carbocycles. The van der Waals surface area contributed by atoms with Gasteiger partial charge >= 0.3 is 0 Å². The molecule has 4 rings (SSSR count). The summed E-state index contributed by atoms with van der Waals surface area (Å²) in [4.78, 5) is 25.0. The molecular formula is C19H16N4O4. The van der Waals surface area contributed by atoms with Gasteiger partial charge in [-0.25, -0.2) is 0 Å². The maximum absolute atomic E-state index is 13.0. The Hall–Kier alpha value is -3.68. The lowest BCUT2D eigenvalue weighted by Gasteiger charge is -2.22. The van der Waals surface area contributed by atoms with Crippen LogP contribution in [0.25, 0.3) is 21.9 Å². The summed E-state index contributed by atoms with van der Waals surface area (Å²) in [7, 11) is 1.65. The quantitative estimate of drug-likeness (QED) is 0.434. The van der Waals surface area contributed by atoms with Crippen molar-refractivity contribution in [3.8, 4) is 0 Å². The molecule has 0 radical (unpaired) electrons. The summed E-state index contributed by atoms with van der Waals surface area (Å²) in [5.41, 5.74) is 1.36. The summed E-state index contributed by atoms with van der Waals surface area (Å²) in [5, 5.41) is 19.2. The van der Waals surface area contributed by atoms with Crippen LogP contribution in [-0.4, -0.2) is 33.0 Å². The molecule has 0 aliphatic carbocycles. The van der Waals surface area contributed by atoms with Gasteiger partial charge in [0.1, 0.15) is 11.3 Å². The summed E-state index contributed by atoms with van der Waals surface area (Å²) in [6, 6.07) is 13.4. The monoisotopic (exact) mass is 364 g/mol. The van der Waals surface area contributed by atoms with Crippen molar-refractivity contribution >= 4 is 33.5 Å². The first kappa shape index (κ1) is 16.8. The number of para-hydroxylation sites is 1. The van der Waals surface area contributed by atoms with Gasteiger partial charge in [-0.15, -0.1) is 0 Å². The molecule has 0 fully saturated rings. The molecule has 2 aromatic heterocycles. The Labute approximate surface area is 153 Å². The van der Waals surface area contributed by atoms with Crippen LogP contribution in [0, 0.1) is 10.1 Å². The fourth-order valence-electron chi connectivity index (χ4n) is 3.02. The number of nitrogens with one attached hydrogen (secondary N) is 1. The third kappa shape index (κ3) is 2.80. The first-order valence-electron chi connectivity index (χ1n) is 8.34. The number of aromatic amines is 1. The average Bonchev–Trinajstić information content (AvgIpc) is 3.29. The van der Waals surface area contributed by atoms with Crippen molar-refractivity contribution in [1.82, 2.24) is 15.1 Å². The van der Waals surface area contributed by atoms with Gasteiger partial charge in [-0.2, -0.15) is 5.10 Å².